The molecule has 0 radical (unpaired) electrons. The second-order valence-electron chi connectivity index (χ2n) is 9.70. The minimum atomic E-state index is 0.907. The Bertz CT molecular complexity index is 2080. The van der Waals surface area contributed by atoms with Crippen LogP contribution in [0.1, 0.15) is 0 Å². The van der Waals surface area contributed by atoms with E-state index in [1.165, 1.54) is 27.6 Å². The minimum Gasteiger partial charge on any atom is -0.455 e. The van der Waals surface area contributed by atoms with Gasteiger partial charge in [-0.1, -0.05) is 91.0 Å². The molecule has 0 saturated heterocycles. The molecule has 38 heavy (non-hydrogen) atoms. The molecule has 0 N–H and O–H groups in total. The highest BCUT2D eigenvalue weighted by molar-refractivity contribution is 6.19. The first kappa shape index (κ1) is 21.0. The molecule has 0 fully saturated rings. The number of furan rings is 1. The molecule has 0 aliphatic carbocycles. The number of hydrogen-bond acceptors (Lipinski definition) is 2. The van der Waals surface area contributed by atoms with E-state index in [1.54, 1.807) is 0 Å². The second-order valence-corrected chi connectivity index (χ2v) is 9.70. The quantitative estimate of drug-likeness (QED) is 0.249. The fourth-order valence-corrected chi connectivity index (χ4v) is 5.54. The third kappa shape index (κ3) is 3.26. The van der Waals surface area contributed by atoms with Crippen molar-refractivity contribution >= 4 is 38.4 Å². The average molecular weight is 487 g/mol. The van der Waals surface area contributed by atoms with Gasteiger partial charge in [0, 0.05) is 34.1 Å². The van der Waals surface area contributed by atoms with Crippen LogP contribution in [-0.4, -0.2) is 9.38 Å². The summed E-state index contributed by atoms with van der Waals surface area (Å²) in [6.07, 6.45) is 4.10. The third-order valence-electron chi connectivity index (χ3n) is 7.44. The van der Waals surface area contributed by atoms with E-state index in [0.29, 0.717) is 0 Å². The number of fused-ring (bicyclic) bond motifs is 6. The van der Waals surface area contributed by atoms with Crippen LogP contribution in [0, 0.1) is 0 Å². The van der Waals surface area contributed by atoms with Crippen LogP contribution in [0.4, 0.5) is 0 Å². The van der Waals surface area contributed by atoms with E-state index in [4.69, 9.17) is 9.40 Å². The fourth-order valence-electron chi connectivity index (χ4n) is 5.54. The SMILES string of the molecule is c1ccc(-c2ccc3oc4c5ccccc5c(-c5ccc(-c6cn7ccccc7n6)cc5)cc4c3c2)cc1. The van der Waals surface area contributed by atoms with E-state index in [9.17, 15) is 0 Å². The zero-order chi connectivity index (χ0) is 25.1. The summed E-state index contributed by atoms with van der Waals surface area (Å²) in [5, 5.41) is 4.58. The molecular weight excluding hydrogens is 464 g/mol. The Balaban J connectivity index is 1.31. The summed E-state index contributed by atoms with van der Waals surface area (Å²) in [7, 11) is 0. The van der Waals surface area contributed by atoms with Crippen LogP contribution >= 0.6 is 0 Å². The van der Waals surface area contributed by atoms with Crippen molar-refractivity contribution in [3.8, 4) is 33.5 Å². The molecule has 0 aliphatic heterocycles. The molecule has 3 heterocycles. The lowest BCUT2D eigenvalue weighted by Crippen LogP contribution is -1.84. The van der Waals surface area contributed by atoms with E-state index in [-0.39, 0.29) is 0 Å². The molecule has 178 valence electrons. The van der Waals surface area contributed by atoms with Crippen molar-refractivity contribution in [2.75, 3.05) is 0 Å². The van der Waals surface area contributed by atoms with Crippen LogP contribution in [0.3, 0.4) is 0 Å². The van der Waals surface area contributed by atoms with Gasteiger partial charge in [-0.3, -0.25) is 0 Å². The summed E-state index contributed by atoms with van der Waals surface area (Å²) in [5.74, 6) is 0. The van der Waals surface area contributed by atoms with E-state index in [2.05, 4.69) is 108 Å². The van der Waals surface area contributed by atoms with Crippen molar-refractivity contribution in [3.63, 3.8) is 0 Å². The van der Waals surface area contributed by atoms with Gasteiger partial charge in [0.15, 0.2) is 0 Å². The Kier molecular flexibility index (Phi) is 4.52. The van der Waals surface area contributed by atoms with Crippen LogP contribution in [-0.2, 0) is 0 Å². The van der Waals surface area contributed by atoms with E-state index in [0.717, 1.165) is 44.2 Å². The fraction of sp³-hybridized carbons (Fsp3) is 0. The summed E-state index contributed by atoms with van der Waals surface area (Å²) >= 11 is 0. The standard InChI is InChI=1S/C35H22N2O/c1-2-8-23(9-3-1)26-17-18-33-30(20-26)31-21-29(27-10-4-5-11-28(27)35(31)38-33)24-13-15-25(16-14-24)32-22-37-19-7-6-12-34(37)36-32/h1-22H. The summed E-state index contributed by atoms with van der Waals surface area (Å²) in [4.78, 5) is 4.79. The highest BCUT2D eigenvalue weighted by Gasteiger charge is 2.16. The molecule has 3 nitrogen and oxygen atoms in total. The molecule has 3 aromatic heterocycles. The van der Waals surface area contributed by atoms with Gasteiger partial charge in [0.05, 0.1) is 5.69 Å². The molecular formula is C35H22N2O. The maximum Gasteiger partial charge on any atom is 0.143 e. The zero-order valence-corrected chi connectivity index (χ0v) is 20.5. The monoisotopic (exact) mass is 486 g/mol. The molecule has 8 rings (SSSR count). The Labute approximate surface area is 219 Å². The maximum atomic E-state index is 6.44. The maximum absolute atomic E-state index is 6.44. The van der Waals surface area contributed by atoms with Gasteiger partial charge in [-0.2, -0.15) is 0 Å². The van der Waals surface area contributed by atoms with Crippen molar-refractivity contribution in [2.24, 2.45) is 0 Å². The van der Waals surface area contributed by atoms with Gasteiger partial charge >= 0.3 is 0 Å². The molecule has 0 saturated carbocycles. The topological polar surface area (TPSA) is 30.4 Å². The molecule has 0 spiro atoms. The molecule has 0 unspecified atom stereocenters. The lowest BCUT2D eigenvalue weighted by atomic mass is 9.94. The number of rotatable bonds is 3. The van der Waals surface area contributed by atoms with Crippen LogP contribution in [0.15, 0.2) is 138 Å². The first-order chi connectivity index (χ1) is 18.8. The highest BCUT2D eigenvalue weighted by atomic mass is 16.3. The molecule has 8 aromatic rings. The van der Waals surface area contributed by atoms with Gasteiger partial charge in [-0.05, 0) is 58.0 Å². The number of pyridine rings is 1. The first-order valence-corrected chi connectivity index (χ1v) is 12.8. The molecule has 3 heteroatoms. The lowest BCUT2D eigenvalue weighted by Gasteiger charge is -2.09. The number of benzene rings is 5. The van der Waals surface area contributed by atoms with Crippen LogP contribution in [0.5, 0.6) is 0 Å². The molecule has 0 amide bonds. The van der Waals surface area contributed by atoms with Gasteiger partial charge in [0.1, 0.15) is 16.8 Å². The van der Waals surface area contributed by atoms with Gasteiger partial charge in [0.25, 0.3) is 0 Å². The number of nitrogens with zero attached hydrogens (tertiary/aromatic N) is 2. The minimum absolute atomic E-state index is 0.907. The number of hydrogen-bond donors (Lipinski definition) is 0. The lowest BCUT2D eigenvalue weighted by molar-refractivity contribution is 0.673. The van der Waals surface area contributed by atoms with Crippen molar-refractivity contribution in [1.82, 2.24) is 9.38 Å². The van der Waals surface area contributed by atoms with E-state index >= 15 is 0 Å². The predicted molar refractivity (Wildman–Crippen MR) is 156 cm³/mol. The molecule has 5 aromatic carbocycles. The Hall–Kier alpha value is -5.15. The smallest absolute Gasteiger partial charge is 0.143 e. The number of aromatic nitrogens is 2. The zero-order valence-electron chi connectivity index (χ0n) is 20.5. The average Bonchev–Trinajstić information content (AvgIpc) is 3.59. The first-order valence-electron chi connectivity index (χ1n) is 12.8. The molecule has 0 bridgehead atoms. The third-order valence-corrected chi connectivity index (χ3v) is 7.44. The summed E-state index contributed by atoms with van der Waals surface area (Å²) < 4.78 is 8.50. The number of imidazole rings is 1. The van der Waals surface area contributed by atoms with Crippen molar-refractivity contribution in [3.05, 3.63) is 134 Å². The van der Waals surface area contributed by atoms with Crippen molar-refractivity contribution in [1.29, 1.82) is 0 Å². The predicted octanol–water partition coefficient (Wildman–Crippen LogP) is 9.39. The van der Waals surface area contributed by atoms with Gasteiger partial charge in [0.2, 0.25) is 0 Å². The van der Waals surface area contributed by atoms with E-state index in [1.807, 2.05) is 30.5 Å². The van der Waals surface area contributed by atoms with E-state index < -0.39 is 0 Å². The second kappa shape index (κ2) is 8.19. The Morgan fingerprint density at radius 1 is 0.526 bits per heavy atom. The van der Waals surface area contributed by atoms with Crippen molar-refractivity contribution in [2.45, 2.75) is 0 Å². The summed E-state index contributed by atoms with van der Waals surface area (Å²) in [6.45, 7) is 0. The Morgan fingerprint density at radius 2 is 1.26 bits per heavy atom. The molecule has 0 atom stereocenters. The largest absolute Gasteiger partial charge is 0.455 e. The van der Waals surface area contributed by atoms with Gasteiger partial charge < -0.3 is 8.82 Å². The highest BCUT2D eigenvalue weighted by Crippen LogP contribution is 2.41. The normalized spacial score (nSPS) is 11.7. The van der Waals surface area contributed by atoms with Gasteiger partial charge in [-0.15, -0.1) is 0 Å². The van der Waals surface area contributed by atoms with Crippen LogP contribution in [0.2, 0.25) is 0 Å². The van der Waals surface area contributed by atoms with Crippen LogP contribution < -0.4 is 0 Å². The van der Waals surface area contributed by atoms with Crippen LogP contribution in [0.25, 0.3) is 71.9 Å². The molecule has 0 aliphatic rings. The Morgan fingerprint density at radius 3 is 2.11 bits per heavy atom. The summed E-state index contributed by atoms with van der Waals surface area (Å²) in [5.41, 5.74) is 9.62. The summed E-state index contributed by atoms with van der Waals surface area (Å²) in [6, 6.07) is 42.6. The van der Waals surface area contributed by atoms with Crippen molar-refractivity contribution < 1.29 is 4.42 Å². The van der Waals surface area contributed by atoms with Gasteiger partial charge in [-0.25, -0.2) is 4.98 Å².